The SMILES string of the molecule is O=C(CNC(=O)c1ccccc1)Nc1ccc(S(=O)(=O)Nc2ccccc2Oc2ccccc2)cc1. The minimum atomic E-state index is -3.93. The van der Waals surface area contributed by atoms with E-state index in [1.54, 1.807) is 66.7 Å². The first-order valence-corrected chi connectivity index (χ1v) is 12.5. The largest absolute Gasteiger partial charge is 0.455 e. The number of nitrogens with one attached hydrogen (secondary N) is 3. The van der Waals surface area contributed by atoms with Crippen molar-refractivity contribution in [3.8, 4) is 11.5 Å². The van der Waals surface area contributed by atoms with Gasteiger partial charge in [-0.2, -0.15) is 0 Å². The molecule has 0 aliphatic rings. The van der Waals surface area contributed by atoms with Gasteiger partial charge in [-0.1, -0.05) is 48.5 Å². The van der Waals surface area contributed by atoms with E-state index in [1.165, 1.54) is 24.3 Å². The molecule has 0 spiro atoms. The third kappa shape index (κ3) is 6.49. The number of hydrogen-bond acceptors (Lipinski definition) is 5. The fraction of sp³-hybridized carbons (Fsp3) is 0.0370. The molecule has 8 nitrogen and oxygen atoms in total. The molecule has 36 heavy (non-hydrogen) atoms. The van der Waals surface area contributed by atoms with Crippen molar-refractivity contribution >= 4 is 33.2 Å². The van der Waals surface area contributed by atoms with E-state index in [-0.39, 0.29) is 23.0 Å². The summed E-state index contributed by atoms with van der Waals surface area (Å²) in [5.41, 5.74) is 1.12. The lowest BCUT2D eigenvalue weighted by Crippen LogP contribution is -2.32. The number of rotatable bonds is 9. The minimum Gasteiger partial charge on any atom is -0.455 e. The fourth-order valence-corrected chi connectivity index (χ4v) is 4.30. The third-order valence-electron chi connectivity index (χ3n) is 5.00. The molecule has 2 amide bonds. The Labute approximate surface area is 209 Å². The van der Waals surface area contributed by atoms with Gasteiger partial charge in [0.2, 0.25) is 5.91 Å². The summed E-state index contributed by atoms with van der Waals surface area (Å²) in [6, 6.07) is 30.0. The highest BCUT2D eigenvalue weighted by Crippen LogP contribution is 2.31. The Morgan fingerprint density at radius 1 is 0.722 bits per heavy atom. The van der Waals surface area contributed by atoms with E-state index >= 15 is 0 Å². The summed E-state index contributed by atoms with van der Waals surface area (Å²) < 4.78 is 34.3. The minimum absolute atomic E-state index is 0.00685. The second kappa shape index (κ2) is 11.2. The quantitative estimate of drug-likeness (QED) is 0.309. The average Bonchev–Trinajstić information content (AvgIpc) is 2.90. The number of carbonyl (C=O) groups excluding carboxylic acids is 2. The molecule has 0 fully saturated rings. The van der Waals surface area contributed by atoms with Gasteiger partial charge >= 0.3 is 0 Å². The standard InChI is InChI=1S/C27H23N3O5S/c31-26(19-28-27(32)20-9-3-1-4-10-20)29-21-15-17-23(18-16-21)36(33,34)30-24-13-7-8-14-25(24)35-22-11-5-2-6-12-22/h1-18,30H,19H2,(H,28,32)(H,29,31). The van der Waals surface area contributed by atoms with Crippen molar-refractivity contribution < 1.29 is 22.7 Å². The lowest BCUT2D eigenvalue weighted by Gasteiger charge is -2.14. The van der Waals surface area contributed by atoms with Crippen LogP contribution >= 0.6 is 0 Å². The van der Waals surface area contributed by atoms with Gasteiger partial charge in [-0.05, 0) is 60.7 Å². The summed E-state index contributed by atoms with van der Waals surface area (Å²) in [5, 5.41) is 5.16. The molecular formula is C27H23N3O5S. The van der Waals surface area contributed by atoms with E-state index in [0.717, 1.165) is 0 Å². The van der Waals surface area contributed by atoms with Crippen molar-refractivity contribution in [3.63, 3.8) is 0 Å². The molecule has 0 aliphatic heterocycles. The summed E-state index contributed by atoms with van der Waals surface area (Å²) in [7, 11) is -3.93. The van der Waals surface area contributed by atoms with Gasteiger partial charge in [-0.3, -0.25) is 14.3 Å². The number of ether oxygens (including phenoxy) is 1. The van der Waals surface area contributed by atoms with Gasteiger partial charge in [-0.15, -0.1) is 0 Å². The monoisotopic (exact) mass is 501 g/mol. The first-order chi connectivity index (χ1) is 17.4. The fourth-order valence-electron chi connectivity index (χ4n) is 3.23. The van der Waals surface area contributed by atoms with Crippen LogP contribution in [0.4, 0.5) is 11.4 Å². The van der Waals surface area contributed by atoms with E-state index in [4.69, 9.17) is 4.74 Å². The number of para-hydroxylation sites is 3. The average molecular weight is 502 g/mol. The van der Waals surface area contributed by atoms with E-state index in [9.17, 15) is 18.0 Å². The molecule has 0 atom stereocenters. The Hall–Kier alpha value is -4.63. The van der Waals surface area contributed by atoms with Crippen LogP contribution in [0.3, 0.4) is 0 Å². The highest BCUT2D eigenvalue weighted by molar-refractivity contribution is 7.92. The number of amides is 2. The first-order valence-electron chi connectivity index (χ1n) is 11.0. The van der Waals surface area contributed by atoms with E-state index in [1.807, 2.05) is 18.2 Å². The lowest BCUT2D eigenvalue weighted by molar-refractivity contribution is -0.115. The van der Waals surface area contributed by atoms with Crippen LogP contribution < -0.4 is 20.1 Å². The molecule has 0 aliphatic carbocycles. The van der Waals surface area contributed by atoms with Crippen molar-refractivity contribution in [1.29, 1.82) is 0 Å². The summed E-state index contributed by atoms with van der Waals surface area (Å²) in [5.74, 6) is 0.118. The molecule has 182 valence electrons. The molecule has 0 saturated heterocycles. The lowest BCUT2D eigenvalue weighted by atomic mass is 10.2. The number of hydrogen-bond donors (Lipinski definition) is 3. The molecule has 3 N–H and O–H groups in total. The van der Waals surface area contributed by atoms with Crippen LogP contribution in [-0.2, 0) is 14.8 Å². The summed E-state index contributed by atoms with van der Waals surface area (Å²) >= 11 is 0. The van der Waals surface area contributed by atoms with Crippen LogP contribution in [0.25, 0.3) is 0 Å². The number of sulfonamides is 1. The maximum Gasteiger partial charge on any atom is 0.262 e. The molecule has 4 aromatic carbocycles. The normalized spacial score (nSPS) is 10.8. The van der Waals surface area contributed by atoms with Crippen molar-refractivity contribution in [2.24, 2.45) is 0 Å². The molecule has 0 saturated carbocycles. The predicted molar refractivity (Wildman–Crippen MR) is 138 cm³/mol. The maximum absolute atomic E-state index is 13.0. The number of carbonyl (C=O) groups is 2. The summed E-state index contributed by atoms with van der Waals surface area (Å²) in [6.45, 7) is -0.229. The van der Waals surface area contributed by atoms with Gasteiger partial charge in [-0.25, -0.2) is 8.42 Å². The number of benzene rings is 4. The second-order valence-corrected chi connectivity index (χ2v) is 9.32. The Morgan fingerprint density at radius 3 is 2.03 bits per heavy atom. The van der Waals surface area contributed by atoms with E-state index in [0.29, 0.717) is 22.7 Å². The summed E-state index contributed by atoms with van der Waals surface area (Å²) in [4.78, 5) is 24.3. The zero-order valence-corrected chi connectivity index (χ0v) is 19.9. The molecule has 0 aromatic heterocycles. The predicted octanol–water partition coefficient (Wildman–Crippen LogP) is 4.65. The molecule has 0 bridgehead atoms. The van der Waals surface area contributed by atoms with Gasteiger partial charge in [0.15, 0.2) is 5.75 Å². The highest BCUT2D eigenvalue weighted by atomic mass is 32.2. The van der Waals surface area contributed by atoms with Crippen LogP contribution in [0.5, 0.6) is 11.5 Å². The zero-order valence-electron chi connectivity index (χ0n) is 19.0. The maximum atomic E-state index is 13.0. The molecular weight excluding hydrogens is 478 g/mol. The van der Waals surface area contributed by atoms with E-state index in [2.05, 4.69) is 15.4 Å². The summed E-state index contributed by atoms with van der Waals surface area (Å²) in [6.07, 6.45) is 0. The molecule has 0 unspecified atom stereocenters. The van der Waals surface area contributed by atoms with Crippen molar-refractivity contribution in [3.05, 3.63) is 115 Å². The van der Waals surface area contributed by atoms with Gasteiger partial charge in [0.1, 0.15) is 5.75 Å². The van der Waals surface area contributed by atoms with Crippen LogP contribution in [0, 0.1) is 0 Å². The second-order valence-electron chi connectivity index (χ2n) is 7.64. The van der Waals surface area contributed by atoms with E-state index < -0.39 is 15.9 Å². The van der Waals surface area contributed by atoms with Crippen molar-refractivity contribution in [2.75, 3.05) is 16.6 Å². The molecule has 0 heterocycles. The van der Waals surface area contributed by atoms with Gasteiger partial charge in [0, 0.05) is 11.3 Å². The van der Waals surface area contributed by atoms with Crippen molar-refractivity contribution in [2.45, 2.75) is 4.90 Å². The van der Waals surface area contributed by atoms with Crippen LogP contribution in [0.15, 0.2) is 114 Å². The van der Waals surface area contributed by atoms with Gasteiger partial charge < -0.3 is 15.4 Å². The molecule has 4 aromatic rings. The Balaban J connectivity index is 1.37. The first kappa shape index (κ1) is 24.5. The van der Waals surface area contributed by atoms with Crippen LogP contribution in [0.2, 0.25) is 0 Å². The zero-order chi connectivity index (χ0) is 25.4. The van der Waals surface area contributed by atoms with Gasteiger partial charge in [0.25, 0.3) is 15.9 Å². The Kier molecular flexibility index (Phi) is 7.62. The highest BCUT2D eigenvalue weighted by Gasteiger charge is 2.17. The van der Waals surface area contributed by atoms with Gasteiger partial charge in [0.05, 0.1) is 17.1 Å². The van der Waals surface area contributed by atoms with Crippen molar-refractivity contribution in [1.82, 2.24) is 5.32 Å². The number of anilines is 2. The third-order valence-corrected chi connectivity index (χ3v) is 6.38. The molecule has 0 radical (unpaired) electrons. The Morgan fingerprint density at radius 2 is 1.33 bits per heavy atom. The van der Waals surface area contributed by atoms with Crippen LogP contribution in [-0.4, -0.2) is 26.8 Å². The molecule has 4 rings (SSSR count). The Bertz CT molecular complexity index is 1440. The smallest absolute Gasteiger partial charge is 0.262 e. The topological polar surface area (TPSA) is 114 Å². The molecule has 9 heteroatoms. The van der Waals surface area contributed by atoms with Crippen LogP contribution in [0.1, 0.15) is 10.4 Å².